The Labute approximate surface area is 37.3 Å². The van der Waals surface area contributed by atoms with E-state index in [9.17, 15) is 4.79 Å². The Morgan fingerprint density at radius 3 is 2.17 bits per heavy atom. The summed E-state index contributed by atoms with van der Waals surface area (Å²) in [6, 6.07) is -0.509. The van der Waals surface area contributed by atoms with Crippen molar-refractivity contribution in [3.63, 3.8) is 0 Å². The molecule has 0 aliphatic rings. The van der Waals surface area contributed by atoms with Gasteiger partial charge in [-0.15, -0.1) is 0 Å². The Balaban J connectivity index is 3.26. The third-order valence-corrected chi connectivity index (χ3v) is 0.449. The van der Waals surface area contributed by atoms with E-state index in [0.29, 0.717) is 0 Å². The van der Waals surface area contributed by atoms with Crippen molar-refractivity contribution in [2.45, 2.75) is 13.0 Å². The van der Waals surface area contributed by atoms with Gasteiger partial charge in [0, 0.05) is 6.92 Å². The van der Waals surface area contributed by atoms with Gasteiger partial charge in [-0.3, -0.25) is 4.79 Å². The molecule has 2 N–H and O–H groups in total. The zero-order chi connectivity index (χ0) is 5.15. The summed E-state index contributed by atoms with van der Waals surface area (Å²) in [6.45, 7) is 6.22. The monoisotopic (exact) mass is 85.1 g/mol. The molecule has 0 amide bonds. The minimum atomic E-state index is -0.509. The molecule has 0 saturated heterocycles. The van der Waals surface area contributed by atoms with E-state index in [2.05, 4.69) is 6.92 Å². The van der Waals surface area contributed by atoms with E-state index in [0.717, 1.165) is 0 Å². The van der Waals surface area contributed by atoms with Crippen LogP contribution in [0.25, 0.3) is 0 Å². The van der Waals surface area contributed by atoms with E-state index in [-0.39, 0.29) is 0 Å². The van der Waals surface area contributed by atoms with Crippen LogP contribution in [0.2, 0.25) is 0 Å². The summed E-state index contributed by atoms with van der Waals surface area (Å²) in [4.78, 5) is 9.80. The minimum Gasteiger partial charge on any atom is -0.322 e. The number of carbonyl (C=O) groups is 1. The lowest BCUT2D eigenvalue weighted by Gasteiger charge is -1.91. The van der Waals surface area contributed by atoms with Crippen LogP contribution in [0.5, 0.6) is 0 Å². The lowest BCUT2D eigenvalue weighted by molar-refractivity contribution is -0.115. The zero-order valence-electron chi connectivity index (χ0n) is 3.64. The van der Waals surface area contributed by atoms with Gasteiger partial charge in [0.1, 0.15) is 0 Å². The van der Waals surface area contributed by atoms with Crippen LogP contribution in [0, 0.1) is 6.92 Å². The first-order chi connectivity index (χ1) is 2.64. The molecule has 6 heavy (non-hydrogen) atoms. The quantitative estimate of drug-likeness (QED) is 0.471. The lowest BCUT2D eigenvalue weighted by atomic mass is 10.3. The summed E-state index contributed by atoms with van der Waals surface area (Å²) in [6.07, 6.45) is 0. The highest BCUT2D eigenvalue weighted by Crippen LogP contribution is 1.71. The van der Waals surface area contributed by atoms with Crippen molar-refractivity contribution in [2.75, 3.05) is 0 Å². The molecule has 2 heteroatoms. The Morgan fingerprint density at radius 2 is 2.17 bits per heavy atom. The molecule has 0 aromatic rings. The van der Waals surface area contributed by atoms with Gasteiger partial charge >= 0.3 is 0 Å². The fourth-order valence-electron chi connectivity index (χ4n) is 0. The third kappa shape index (κ3) is 1.91. The van der Waals surface area contributed by atoms with Gasteiger partial charge < -0.3 is 5.73 Å². The Kier molecular flexibility index (Phi) is 1.81. The first-order valence-electron chi connectivity index (χ1n) is 1.69. The van der Waals surface area contributed by atoms with E-state index in [1.165, 1.54) is 0 Å². The second-order valence-electron chi connectivity index (χ2n) is 1.19. The number of hydrogen-bond donors (Lipinski definition) is 1. The molecule has 0 aromatic carbocycles. The second-order valence-corrected chi connectivity index (χ2v) is 1.19. The zero-order valence-corrected chi connectivity index (χ0v) is 3.64. The maximum absolute atomic E-state index is 9.80. The lowest BCUT2D eigenvalue weighted by Crippen LogP contribution is -2.23. The number of hydrogen-bond acceptors (Lipinski definition) is 2. The Bertz CT molecular complexity index is 58.6. The van der Waals surface area contributed by atoms with Gasteiger partial charge in [-0.1, -0.05) is 0 Å². The van der Waals surface area contributed by atoms with E-state index in [4.69, 9.17) is 5.73 Å². The van der Waals surface area contributed by atoms with Crippen molar-refractivity contribution in [1.82, 2.24) is 0 Å². The average Bonchev–Trinajstić information content (AvgIpc) is 1.36. The normalized spacial score (nSPS) is 13.8. The summed E-state index contributed by atoms with van der Waals surface area (Å²) in [5.41, 5.74) is 4.96. The topological polar surface area (TPSA) is 43.1 Å². The van der Waals surface area contributed by atoms with Crippen LogP contribution in [0.1, 0.15) is 6.92 Å². The molecule has 0 aliphatic carbocycles. The molecule has 0 aromatic heterocycles. The molecule has 34 valence electrons. The fraction of sp³-hybridized carbons (Fsp3) is 0.500. The highest BCUT2D eigenvalue weighted by molar-refractivity contribution is 5.87. The predicted molar refractivity (Wildman–Crippen MR) is 23.0 cm³/mol. The Morgan fingerprint density at radius 1 is 2.00 bits per heavy atom. The largest absolute Gasteiger partial charge is 0.322 e. The van der Waals surface area contributed by atoms with Gasteiger partial charge in [0.2, 0.25) is 0 Å². The van der Waals surface area contributed by atoms with Crippen molar-refractivity contribution in [2.24, 2.45) is 5.73 Å². The highest BCUT2D eigenvalue weighted by Gasteiger charge is 1.95. The molecule has 0 saturated carbocycles. The van der Waals surface area contributed by atoms with Gasteiger partial charge in [0.25, 0.3) is 0 Å². The van der Waals surface area contributed by atoms with Crippen LogP contribution in [0.3, 0.4) is 0 Å². The molecule has 1 atom stereocenters. The Hall–Kier alpha value is -0.370. The van der Waals surface area contributed by atoms with E-state index >= 15 is 0 Å². The summed E-state index contributed by atoms with van der Waals surface area (Å²) in [5, 5.41) is 0. The van der Waals surface area contributed by atoms with Crippen LogP contribution >= 0.6 is 0 Å². The van der Waals surface area contributed by atoms with Gasteiger partial charge in [-0.25, -0.2) is 0 Å². The SMILES string of the molecule is [CH]C(=O)[C@H](C)N. The maximum atomic E-state index is 9.80. The molecule has 2 nitrogen and oxygen atoms in total. The van der Waals surface area contributed by atoms with E-state index in [1.807, 2.05) is 0 Å². The second kappa shape index (κ2) is 1.92. The number of Topliss-reactive ketones (excluding diaryl/α,β-unsaturated/α-hetero) is 1. The predicted octanol–water partition coefficient (Wildman–Crippen LogP) is -0.386. The van der Waals surface area contributed by atoms with Crippen molar-refractivity contribution >= 4 is 5.78 Å². The molecule has 0 spiro atoms. The number of carbonyl (C=O) groups excluding carboxylic acids is 1. The maximum Gasteiger partial charge on any atom is 0.153 e. The van der Waals surface area contributed by atoms with Crippen LogP contribution in [0.15, 0.2) is 0 Å². The first-order valence-corrected chi connectivity index (χ1v) is 1.69. The summed E-state index contributed by atoms with van der Waals surface area (Å²) < 4.78 is 0. The molecule has 0 unspecified atom stereocenters. The summed E-state index contributed by atoms with van der Waals surface area (Å²) in [7, 11) is 0. The van der Waals surface area contributed by atoms with Crippen LogP contribution in [-0.2, 0) is 4.79 Å². The van der Waals surface area contributed by atoms with E-state index < -0.39 is 11.8 Å². The smallest absolute Gasteiger partial charge is 0.153 e. The molecule has 0 fully saturated rings. The molecule has 0 rings (SSSR count). The van der Waals surface area contributed by atoms with E-state index in [1.54, 1.807) is 6.92 Å². The summed E-state index contributed by atoms with van der Waals surface area (Å²) in [5.74, 6) is -0.463. The van der Waals surface area contributed by atoms with Gasteiger partial charge in [0.15, 0.2) is 5.78 Å². The number of rotatable bonds is 1. The summed E-state index contributed by atoms with van der Waals surface area (Å²) >= 11 is 0. The minimum absolute atomic E-state index is 0.463. The van der Waals surface area contributed by atoms with Gasteiger partial charge in [-0.05, 0) is 6.92 Å². The van der Waals surface area contributed by atoms with Crippen molar-refractivity contribution in [3.8, 4) is 0 Å². The van der Waals surface area contributed by atoms with Crippen molar-refractivity contribution in [1.29, 1.82) is 0 Å². The number of nitrogens with two attached hydrogens (primary N) is 1. The molecule has 0 bridgehead atoms. The average molecular weight is 85.1 g/mol. The van der Waals surface area contributed by atoms with Gasteiger partial charge in [0.05, 0.1) is 6.04 Å². The number of ketones is 1. The van der Waals surface area contributed by atoms with Crippen LogP contribution in [0.4, 0.5) is 0 Å². The molecule has 2 radical (unpaired) electrons. The molecule has 0 aliphatic heterocycles. The van der Waals surface area contributed by atoms with Crippen molar-refractivity contribution in [3.05, 3.63) is 6.92 Å². The van der Waals surface area contributed by atoms with Crippen LogP contribution < -0.4 is 5.73 Å². The van der Waals surface area contributed by atoms with Crippen LogP contribution in [-0.4, -0.2) is 11.8 Å². The standard InChI is InChI=1S/C4H7NO/c1-3(5)4(2)6/h2-3H,5H2,1H3/t3-/m0/s1. The highest BCUT2D eigenvalue weighted by atomic mass is 16.1. The first kappa shape index (κ1) is 5.63. The third-order valence-electron chi connectivity index (χ3n) is 0.449. The van der Waals surface area contributed by atoms with Crippen molar-refractivity contribution < 1.29 is 4.79 Å². The fourth-order valence-corrected chi connectivity index (χ4v) is 0. The van der Waals surface area contributed by atoms with Gasteiger partial charge in [-0.2, -0.15) is 0 Å². The molecule has 0 heterocycles. The molecular weight excluding hydrogens is 78.0 g/mol. The molecular formula is C4H7NO.